The number of primary amides is 1. The van der Waals surface area contributed by atoms with E-state index in [1.54, 1.807) is 36.7 Å². The molecule has 6 N–H and O–H groups in total. The SMILES string of the molecule is NC(=O)c1cnc(N[C@H]2[C@@H](N)CCCC2(F)F)nc1Nc1cccc(-n2nccn2)c1. The lowest BCUT2D eigenvalue weighted by Gasteiger charge is -2.36. The van der Waals surface area contributed by atoms with Crippen LogP contribution >= 0.6 is 0 Å². The number of alkyl halides is 2. The van der Waals surface area contributed by atoms with Crippen LogP contribution in [-0.4, -0.2) is 48.9 Å². The van der Waals surface area contributed by atoms with Gasteiger partial charge in [0.1, 0.15) is 17.4 Å². The lowest BCUT2D eigenvalue weighted by Crippen LogP contribution is -2.55. The minimum atomic E-state index is -3.00. The van der Waals surface area contributed by atoms with Gasteiger partial charge in [-0.2, -0.15) is 20.0 Å². The van der Waals surface area contributed by atoms with Gasteiger partial charge in [0.25, 0.3) is 11.8 Å². The highest BCUT2D eigenvalue weighted by Gasteiger charge is 2.46. The number of carbonyl (C=O) groups is 1. The van der Waals surface area contributed by atoms with Crippen LogP contribution in [0.1, 0.15) is 29.6 Å². The summed E-state index contributed by atoms with van der Waals surface area (Å²) in [6.45, 7) is 0. The normalized spacial score (nSPS) is 20.2. The molecule has 0 unspecified atom stereocenters. The Morgan fingerprint density at radius 3 is 2.74 bits per heavy atom. The fourth-order valence-corrected chi connectivity index (χ4v) is 3.48. The molecular weight excluding hydrogens is 408 g/mol. The van der Waals surface area contributed by atoms with Gasteiger partial charge in [-0.15, -0.1) is 0 Å². The second-order valence-electron chi connectivity index (χ2n) is 7.25. The lowest BCUT2D eigenvalue weighted by molar-refractivity contribution is -0.0513. The van der Waals surface area contributed by atoms with Gasteiger partial charge in [-0.05, 0) is 31.0 Å². The standard InChI is InChI=1S/C19H21F2N9O/c20-19(21)6-2-5-14(22)15(19)28-18-24-10-13(16(23)31)17(29-18)27-11-3-1-4-12(9-11)30-25-7-8-26-30/h1,3-4,7-10,14-15H,2,5-6,22H2,(H2,23,31)(H2,24,27,28,29)/t14-,15-/m0/s1. The van der Waals surface area contributed by atoms with E-state index in [1.165, 1.54) is 11.0 Å². The Balaban J connectivity index is 1.63. The molecule has 1 aliphatic rings. The molecule has 12 heteroatoms. The van der Waals surface area contributed by atoms with Crippen molar-refractivity contribution in [1.29, 1.82) is 0 Å². The molecule has 1 aromatic carbocycles. The summed E-state index contributed by atoms with van der Waals surface area (Å²) in [4.78, 5) is 21.4. The number of amides is 1. The van der Waals surface area contributed by atoms with E-state index in [-0.39, 0.29) is 23.8 Å². The van der Waals surface area contributed by atoms with Crippen molar-refractivity contribution in [2.45, 2.75) is 37.3 Å². The van der Waals surface area contributed by atoms with Gasteiger partial charge in [0.2, 0.25) is 5.95 Å². The molecule has 0 bridgehead atoms. The molecule has 2 atom stereocenters. The third-order valence-corrected chi connectivity index (χ3v) is 5.03. The summed E-state index contributed by atoms with van der Waals surface area (Å²) in [7, 11) is 0. The Morgan fingerprint density at radius 1 is 1.26 bits per heavy atom. The lowest BCUT2D eigenvalue weighted by atomic mass is 9.87. The number of hydrogen-bond acceptors (Lipinski definition) is 8. The Kier molecular flexibility index (Phi) is 5.46. The van der Waals surface area contributed by atoms with E-state index in [0.29, 0.717) is 24.2 Å². The predicted octanol–water partition coefficient (Wildman–Crippen LogP) is 1.83. The largest absolute Gasteiger partial charge is 0.365 e. The van der Waals surface area contributed by atoms with Gasteiger partial charge in [-0.3, -0.25) is 4.79 Å². The zero-order valence-electron chi connectivity index (χ0n) is 16.4. The number of halogens is 2. The average molecular weight is 429 g/mol. The summed E-state index contributed by atoms with van der Waals surface area (Å²) < 4.78 is 28.7. The molecule has 2 heterocycles. The molecule has 0 spiro atoms. The minimum Gasteiger partial charge on any atom is -0.365 e. The van der Waals surface area contributed by atoms with E-state index in [2.05, 4.69) is 30.8 Å². The van der Waals surface area contributed by atoms with Crippen molar-refractivity contribution >= 4 is 23.4 Å². The van der Waals surface area contributed by atoms with Gasteiger partial charge >= 0.3 is 0 Å². The first-order valence-electron chi connectivity index (χ1n) is 9.64. The number of nitrogens with zero attached hydrogens (tertiary/aromatic N) is 5. The molecule has 1 fully saturated rings. The first-order valence-corrected chi connectivity index (χ1v) is 9.64. The van der Waals surface area contributed by atoms with Gasteiger partial charge in [-0.1, -0.05) is 6.07 Å². The van der Waals surface area contributed by atoms with Crippen LogP contribution in [0.5, 0.6) is 0 Å². The predicted molar refractivity (Wildman–Crippen MR) is 109 cm³/mol. The number of carbonyl (C=O) groups excluding carboxylic acids is 1. The Hall–Kier alpha value is -3.67. The number of hydrogen-bond donors (Lipinski definition) is 4. The molecule has 10 nitrogen and oxygen atoms in total. The van der Waals surface area contributed by atoms with E-state index < -0.39 is 23.9 Å². The van der Waals surface area contributed by atoms with Crippen LogP contribution in [0, 0.1) is 0 Å². The highest BCUT2D eigenvalue weighted by Crippen LogP contribution is 2.34. The molecule has 3 aromatic rings. The summed E-state index contributed by atoms with van der Waals surface area (Å²) in [6.07, 6.45) is 4.81. The highest BCUT2D eigenvalue weighted by molar-refractivity contribution is 5.98. The minimum absolute atomic E-state index is 0.00729. The summed E-state index contributed by atoms with van der Waals surface area (Å²) in [6, 6.07) is 4.94. The van der Waals surface area contributed by atoms with Crippen molar-refractivity contribution in [3.05, 3.63) is 48.4 Å². The average Bonchev–Trinajstić information content (AvgIpc) is 3.26. The second kappa shape index (κ2) is 8.22. The zero-order valence-corrected chi connectivity index (χ0v) is 16.4. The molecule has 162 valence electrons. The number of anilines is 3. The molecule has 0 aliphatic heterocycles. The van der Waals surface area contributed by atoms with Crippen molar-refractivity contribution in [2.75, 3.05) is 10.6 Å². The molecule has 31 heavy (non-hydrogen) atoms. The molecule has 0 radical (unpaired) electrons. The van der Waals surface area contributed by atoms with Crippen LogP contribution in [0.3, 0.4) is 0 Å². The number of nitrogens with two attached hydrogens (primary N) is 2. The fraction of sp³-hybridized carbons (Fsp3) is 0.316. The summed E-state index contributed by atoms with van der Waals surface area (Å²) in [5, 5.41) is 13.8. The van der Waals surface area contributed by atoms with E-state index in [1.807, 2.05) is 0 Å². The van der Waals surface area contributed by atoms with Gasteiger partial charge in [0, 0.05) is 24.3 Å². The van der Waals surface area contributed by atoms with E-state index in [0.717, 1.165) is 0 Å². The molecule has 1 saturated carbocycles. The summed E-state index contributed by atoms with van der Waals surface area (Å²) >= 11 is 0. The van der Waals surface area contributed by atoms with E-state index in [4.69, 9.17) is 11.5 Å². The Morgan fingerprint density at radius 2 is 2.03 bits per heavy atom. The molecule has 2 aromatic heterocycles. The highest BCUT2D eigenvalue weighted by atomic mass is 19.3. The third kappa shape index (κ3) is 4.43. The summed E-state index contributed by atoms with van der Waals surface area (Å²) in [5.41, 5.74) is 12.6. The Labute approximate surface area is 176 Å². The van der Waals surface area contributed by atoms with Crippen molar-refractivity contribution in [3.8, 4) is 5.69 Å². The third-order valence-electron chi connectivity index (χ3n) is 5.03. The van der Waals surface area contributed by atoms with Crippen molar-refractivity contribution in [1.82, 2.24) is 25.0 Å². The van der Waals surface area contributed by atoms with Crippen LogP contribution in [0.2, 0.25) is 0 Å². The smallest absolute Gasteiger partial charge is 0.269 e. The van der Waals surface area contributed by atoms with E-state index >= 15 is 0 Å². The van der Waals surface area contributed by atoms with Gasteiger partial charge < -0.3 is 22.1 Å². The fourth-order valence-electron chi connectivity index (χ4n) is 3.48. The van der Waals surface area contributed by atoms with Gasteiger partial charge in [-0.25, -0.2) is 13.8 Å². The van der Waals surface area contributed by atoms with Crippen molar-refractivity contribution in [3.63, 3.8) is 0 Å². The maximum atomic E-state index is 14.3. The monoisotopic (exact) mass is 429 g/mol. The van der Waals surface area contributed by atoms with Gasteiger partial charge in [0.15, 0.2) is 0 Å². The number of rotatable bonds is 6. The first-order chi connectivity index (χ1) is 14.8. The number of benzene rings is 1. The topological polar surface area (TPSA) is 150 Å². The quantitative estimate of drug-likeness (QED) is 0.463. The first kappa shape index (κ1) is 20.6. The molecule has 4 rings (SSSR count). The zero-order chi connectivity index (χ0) is 22.0. The van der Waals surface area contributed by atoms with Crippen LogP contribution in [0.4, 0.5) is 26.2 Å². The van der Waals surface area contributed by atoms with Crippen LogP contribution in [0.15, 0.2) is 42.9 Å². The maximum absolute atomic E-state index is 14.3. The van der Waals surface area contributed by atoms with Gasteiger partial charge in [0.05, 0.1) is 18.1 Å². The Bertz CT molecular complexity index is 1070. The molecular formula is C19H21F2N9O. The molecule has 1 amide bonds. The van der Waals surface area contributed by atoms with Crippen molar-refractivity contribution < 1.29 is 13.6 Å². The van der Waals surface area contributed by atoms with Crippen LogP contribution < -0.4 is 22.1 Å². The van der Waals surface area contributed by atoms with Crippen LogP contribution in [0.25, 0.3) is 5.69 Å². The van der Waals surface area contributed by atoms with Crippen molar-refractivity contribution in [2.24, 2.45) is 11.5 Å². The maximum Gasteiger partial charge on any atom is 0.269 e. The number of aromatic nitrogens is 5. The number of nitrogens with one attached hydrogen (secondary N) is 2. The van der Waals surface area contributed by atoms with Crippen LogP contribution in [-0.2, 0) is 0 Å². The summed E-state index contributed by atoms with van der Waals surface area (Å²) in [5.74, 6) is -3.77. The molecule has 1 aliphatic carbocycles. The second-order valence-corrected chi connectivity index (χ2v) is 7.25. The molecule has 0 saturated heterocycles. The van der Waals surface area contributed by atoms with E-state index in [9.17, 15) is 13.6 Å².